The van der Waals surface area contributed by atoms with Gasteiger partial charge in [0.05, 0.1) is 0 Å². The van der Waals surface area contributed by atoms with Crippen LogP contribution in [0.3, 0.4) is 0 Å². The number of hydrogen-bond acceptors (Lipinski definition) is 4. The molecule has 4 rings (SSSR count). The fourth-order valence-corrected chi connectivity index (χ4v) is 2.94. The Morgan fingerprint density at radius 1 is 0.679 bits per heavy atom. The second kappa shape index (κ2) is 7.80. The third kappa shape index (κ3) is 3.78. The highest BCUT2D eigenvalue weighted by Crippen LogP contribution is 2.30. The number of anilines is 1. The molecule has 5 heteroatoms. The average molecular weight is 366 g/mol. The Labute approximate surface area is 163 Å². The molecule has 0 spiro atoms. The van der Waals surface area contributed by atoms with Crippen LogP contribution in [0.2, 0.25) is 0 Å². The summed E-state index contributed by atoms with van der Waals surface area (Å²) in [6, 6.07) is 27.3. The van der Waals surface area contributed by atoms with Crippen molar-refractivity contribution in [3.8, 4) is 33.9 Å². The summed E-state index contributed by atoms with van der Waals surface area (Å²) in [5.74, 6) is 0.428. The molecular formula is C23H18N4O. The normalized spacial score (nSPS) is 10.5. The quantitative estimate of drug-likeness (QED) is 0.562. The molecule has 0 radical (unpaired) electrons. The lowest BCUT2D eigenvalue weighted by molar-refractivity contribution is -0.114. The van der Waals surface area contributed by atoms with E-state index in [0.717, 1.165) is 33.8 Å². The first-order valence-electron chi connectivity index (χ1n) is 8.94. The summed E-state index contributed by atoms with van der Waals surface area (Å²) in [6.45, 7) is 1.48. The number of nitrogens with one attached hydrogen (secondary N) is 1. The van der Waals surface area contributed by atoms with Gasteiger partial charge in [-0.3, -0.25) is 4.79 Å². The van der Waals surface area contributed by atoms with E-state index in [1.807, 2.05) is 84.9 Å². The van der Waals surface area contributed by atoms with E-state index < -0.39 is 0 Å². The Kier molecular flexibility index (Phi) is 4.89. The Morgan fingerprint density at radius 3 is 1.82 bits per heavy atom. The first-order chi connectivity index (χ1) is 13.7. The maximum atomic E-state index is 11.2. The second-order valence-corrected chi connectivity index (χ2v) is 6.32. The Morgan fingerprint density at radius 2 is 1.25 bits per heavy atom. The van der Waals surface area contributed by atoms with E-state index in [4.69, 9.17) is 4.98 Å². The van der Waals surface area contributed by atoms with Crippen molar-refractivity contribution in [1.29, 1.82) is 0 Å². The third-order valence-corrected chi connectivity index (χ3v) is 4.24. The maximum absolute atomic E-state index is 11.2. The van der Waals surface area contributed by atoms with E-state index in [0.29, 0.717) is 5.82 Å². The number of benzene rings is 3. The second-order valence-electron chi connectivity index (χ2n) is 6.32. The van der Waals surface area contributed by atoms with Crippen molar-refractivity contribution in [1.82, 2.24) is 15.2 Å². The van der Waals surface area contributed by atoms with E-state index in [1.165, 1.54) is 6.92 Å². The van der Waals surface area contributed by atoms with Crippen molar-refractivity contribution < 1.29 is 4.79 Å². The maximum Gasteiger partial charge on any atom is 0.221 e. The number of rotatable bonds is 4. The van der Waals surface area contributed by atoms with Crippen LogP contribution in [-0.2, 0) is 4.79 Å². The van der Waals surface area contributed by atoms with Crippen LogP contribution in [0, 0.1) is 0 Å². The highest BCUT2D eigenvalue weighted by atomic mass is 16.1. The van der Waals surface area contributed by atoms with Crippen LogP contribution in [0.25, 0.3) is 33.9 Å². The molecule has 4 aromatic rings. The largest absolute Gasteiger partial charge is 0.326 e. The number of nitrogens with zero attached hydrogens (tertiary/aromatic N) is 3. The van der Waals surface area contributed by atoms with E-state index in [-0.39, 0.29) is 5.91 Å². The van der Waals surface area contributed by atoms with Gasteiger partial charge in [-0.25, -0.2) is 4.98 Å². The lowest BCUT2D eigenvalue weighted by Crippen LogP contribution is -2.05. The summed E-state index contributed by atoms with van der Waals surface area (Å²) in [4.78, 5) is 16.0. The van der Waals surface area contributed by atoms with Crippen molar-refractivity contribution in [2.24, 2.45) is 0 Å². The minimum Gasteiger partial charge on any atom is -0.326 e. The lowest BCUT2D eigenvalue weighted by Gasteiger charge is -2.10. The van der Waals surface area contributed by atoms with Gasteiger partial charge < -0.3 is 5.32 Å². The molecular weight excluding hydrogens is 348 g/mol. The SMILES string of the molecule is CC(=O)Nc1ccc(-c2nnc(-c3ccccc3)c(-c3ccccc3)n2)cc1. The summed E-state index contributed by atoms with van der Waals surface area (Å²) in [5.41, 5.74) is 5.03. The molecule has 0 bridgehead atoms. The van der Waals surface area contributed by atoms with Gasteiger partial charge in [-0.1, -0.05) is 60.7 Å². The van der Waals surface area contributed by atoms with Crippen LogP contribution in [0.4, 0.5) is 5.69 Å². The van der Waals surface area contributed by atoms with E-state index in [2.05, 4.69) is 15.5 Å². The molecule has 0 fully saturated rings. The van der Waals surface area contributed by atoms with Gasteiger partial charge in [-0.15, -0.1) is 10.2 Å². The molecule has 0 saturated carbocycles. The Hall–Kier alpha value is -3.86. The minimum atomic E-state index is -0.107. The molecule has 0 saturated heterocycles. The summed E-state index contributed by atoms with van der Waals surface area (Å²) < 4.78 is 0. The van der Waals surface area contributed by atoms with Crippen LogP contribution < -0.4 is 5.32 Å². The number of carbonyl (C=O) groups is 1. The van der Waals surface area contributed by atoms with Gasteiger partial charge in [-0.2, -0.15) is 0 Å². The fraction of sp³-hybridized carbons (Fsp3) is 0.0435. The summed E-state index contributed by atoms with van der Waals surface area (Å²) in [7, 11) is 0. The van der Waals surface area contributed by atoms with Gasteiger partial charge >= 0.3 is 0 Å². The molecule has 0 unspecified atom stereocenters. The topological polar surface area (TPSA) is 67.8 Å². The number of carbonyl (C=O) groups excluding carboxylic acids is 1. The molecule has 1 aromatic heterocycles. The van der Waals surface area contributed by atoms with Crippen LogP contribution >= 0.6 is 0 Å². The highest BCUT2D eigenvalue weighted by molar-refractivity contribution is 5.89. The first kappa shape index (κ1) is 17.5. The predicted octanol–water partition coefficient (Wildman–Crippen LogP) is 4.83. The first-order valence-corrected chi connectivity index (χ1v) is 8.94. The smallest absolute Gasteiger partial charge is 0.221 e. The molecule has 1 N–H and O–H groups in total. The van der Waals surface area contributed by atoms with Crippen molar-refractivity contribution in [2.45, 2.75) is 6.92 Å². The van der Waals surface area contributed by atoms with Crippen LogP contribution in [-0.4, -0.2) is 21.1 Å². The molecule has 28 heavy (non-hydrogen) atoms. The molecule has 0 aliphatic rings. The molecule has 1 amide bonds. The van der Waals surface area contributed by atoms with Gasteiger partial charge in [0.25, 0.3) is 0 Å². The number of amides is 1. The molecule has 0 atom stereocenters. The van der Waals surface area contributed by atoms with Crippen molar-refractivity contribution >= 4 is 11.6 Å². The van der Waals surface area contributed by atoms with Gasteiger partial charge in [0.15, 0.2) is 5.82 Å². The monoisotopic (exact) mass is 366 g/mol. The fourth-order valence-electron chi connectivity index (χ4n) is 2.94. The van der Waals surface area contributed by atoms with Gasteiger partial charge in [0.1, 0.15) is 11.4 Å². The molecule has 3 aromatic carbocycles. The number of hydrogen-bond donors (Lipinski definition) is 1. The van der Waals surface area contributed by atoms with Gasteiger partial charge in [0, 0.05) is 29.3 Å². The van der Waals surface area contributed by atoms with Crippen molar-refractivity contribution in [3.63, 3.8) is 0 Å². The molecule has 0 aliphatic carbocycles. The highest BCUT2D eigenvalue weighted by Gasteiger charge is 2.14. The average Bonchev–Trinajstić information content (AvgIpc) is 2.75. The van der Waals surface area contributed by atoms with Gasteiger partial charge in [0.2, 0.25) is 5.91 Å². The van der Waals surface area contributed by atoms with E-state index in [1.54, 1.807) is 0 Å². The summed E-state index contributed by atoms with van der Waals surface area (Å²) in [5, 5.41) is 11.6. The molecule has 5 nitrogen and oxygen atoms in total. The standard InChI is InChI=1S/C23H18N4O/c1-16(28)24-20-14-12-19(13-15-20)23-25-21(17-8-4-2-5-9-17)22(26-27-23)18-10-6-3-7-11-18/h2-15H,1H3,(H,24,28). The van der Waals surface area contributed by atoms with Crippen LogP contribution in [0.1, 0.15) is 6.92 Å². The van der Waals surface area contributed by atoms with Crippen molar-refractivity contribution in [3.05, 3.63) is 84.9 Å². The van der Waals surface area contributed by atoms with Crippen molar-refractivity contribution in [2.75, 3.05) is 5.32 Å². The zero-order valence-corrected chi connectivity index (χ0v) is 15.3. The number of aromatic nitrogens is 3. The summed E-state index contributed by atoms with van der Waals surface area (Å²) >= 11 is 0. The van der Waals surface area contributed by atoms with E-state index in [9.17, 15) is 4.79 Å². The van der Waals surface area contributed by atoms with Crippen LogP contribution in [0.5, 0.6) is 0 Å². The summed E-state index contributed by atoms with van der Waals surface area (Å²) in [6.07, 6.45) is 0. The zero-order chi connectivity index (χ0) is 19.3. The third-order valence-electron chi connectivity index (χ3n) is 4.24. The zero-order valence-electron chi connectivity index (χ0n) is 15.3. The predicted molar refractivity (Wildman–Crippen MR) is 110 cm³/mol. The Bertz CT molecular complexity index is 1090. The molecule has 1 heterocycles. The molecule has 136 valence electrons. The Balaban J connectivity index is 1.79. The van der Waals surface area contributed by atoms with Crippen LogP contribution in [0.15, 0.2) is 84.9 Å². The van der Waals surface area contributed by atoms with E-state index >= 15 is 0 Å². The lowest BCUT2D eigenvalue weighted by atomic mass is 10.0. The van der Waals surface area contributed by atoms with Gasteiger partial charge in [-0.05, 0) is 24.3 Å². The molecule has 0 aliphatic heterocycles. The minimum absolute atomic E-state index is 0.107.